The van der Waals surface area contributed by atoms with Crippen LogP contribution in [-0.2, 0) is 0 Å². The van der Waals surface area contributed by atoms with Crippen LogP contribution < -0.4 is 14.5 Å². The molecule has 3 rings (SSSR count). The molecule has 30 heavy (non-hydrogen) atoms. The van der Waals surface area contributed by atoms with Crippen molar-refractivity contribution in [3.63, 3.8) is 0 Å². The van der Waals surface area contributed by atoms with E-state index in [-0.39, 0.29) is 11.1 Å². The molecule has 1 N–H and O–H groups in total. The number of carboxylic acids is 1. The molecule has 154 valence electrons. The third-order valence-electron chi connectivity index (χ3n) is 4.95. The van der Waals surface area contributed by atoms with Gasteiger partial charge in [0.1, 0.15) is 5.75 Å². The second-order valence-electron chi connectivity index (χ2n) is 7.04. The lowest BCUT2D eigenvalue weighted by molar-refractivity contribution is 0.0692. The summed E-state index contributed by atoms with van der Waals surface area (Å²) in [5.74, 6) is -1.17. The van der Waals surface area contributed by atoms with Crippen molar-refractivity contribution in [2.75, 3.05) is 38.1 Å². The molecular weight excluding hydrogens is 380 g/mol. The van der Waals surface area contributed by atoms with Gasteiger partial charge in [-0.3, -0.25) is 4.79 Å². The van der Waals surface area contributed by atoms with Crippen molar-refractivity contribution >= 4 is 28.8 Å². The van der Waals surface area contributed by atoms with Gasteiger partial charge in [0.25, 0.3) is 0 Å². The van der Waals surface area contributed by atoms with Crippen molar-refractivity contribution in [2.45, 2.75) is 0 Å². The summed E-state index contributed by atoms with van der Waals surface area (Å²) in [4.78, 5) is 28.9. The molecule has 0 aliphatic carbocycles. The van der Waals surface area contributed by atoms with E-state index >= 15 is 0 Å². The van der Waals surface area contributed by atoms with Crippen molar-refractivity contribution in [1.29, 1.82) is 0 Å². The number of hydrogen-bond donors (Lipinski definition) is 1. The highest BCUT2D eigenvalue weighted by atomic mass is 16.5. The van der Waals surface area contributed by atoms with Crippen LogP contribution in [0.4, 0.5) is 17.1 Å². The second kappa shape index (κ2) is 8.69. The van der Waals surface area contributed by atoms with Gasteiger partial charge in [0.15, 0.2) is 5.78 Å². The number of methoxy groups -OCH3 is 1. The smallest absolute Gasteiger partial charge is 0.336 e. The molecule has 0 amide bonds. The minimum atomic E-state index is -1.15. The lowest BCUT2D eigenvalue weighted by atomic mass is 9.96. The highest BCUT2D eigenvalue weighted by molar-refractivity contribution is 6.16. The van der Waals surface area contributed by atoms with Crippen molar-refractivity contribution in [3.05, 3.63) is 83.4 Å². The van der Waals surface area contributed by atoms with E-state index in [1.165, 1.54) is 13.2 Å². The minimum absolute atomic E-state index is 0.0462. The Labute approximate surface area is 175 Å². The number of aromatic carboxylic acids is 1. The Morgan fingerprint density at radius 2 is 1.40 bits per heavy atom. The highest BCUT2D eigenvalue weighted by Gasteiger charge is 2.22. The number of carbonyl (C=O) groups excluding carboxylic acids is 1. The number of ether oxygens (including phenoxy) is 1. The van der Waals surface area contributed by atoms with E-state index in [4.69, 9.17) is 4.74 Å². The fourth-order valence-electron chi connectivity index (χ4n) is 3.21. The van der Waals surface area contributed by atoms with E-state index in [0.29, 0.717) is 17.0 Å². The molecule has 0 radical (unpaired) electrons. The molecule has 0 spiro atoms. The minimum Gasteiger partial charge on any atom is -0.496 e. The van der Waals surface area contributed by atoms with Gasteiger partial charge in [-0.1, -0.05) is 18.2 Å². The largest absolute Gasteiger partial charge is 0.496 e. The number of ketones is 1. The standard InChI is InChI=1S/C24H24N2O4/c1-25(2)17-10-12-19(20(14-17)24(28)29)23(27)21-15-18(11-13-22(21)30-4)26(3)16-8-6-5-7-9-16/h5-15H,1-4H3,(H,28,29). The summed E-state index contributed by atoms with van der Waals surface area (Å²) in [7, 11) is 7.02. The summed E-state index contributed by atoms with van der Waals surface area (Å²) in [6, 6.07) is 19.8. The maximum Gasteiger partial charge on any atom is 0.336 e. The molecule has 6 heteroatoms. The number of rotatable bonds is 7. The average Bonchev–Trinajstić information content (AvgIpc) is 2.77. The summed E-state index contributed by atoms with van der Waals surface area (Å²) in [6.07, 6.45) is 0. The third-order valence-corrected chi connectivity index (χ3v) is 4.95. The van der Waals surface area contributed by atoms with Crippen LogP contribution in [0.25, 0.3) is 0 Å². The van der Waals surface area contributed by atoms with Crippen LogP contribution in [0, 0.1) is 0 Å². The Kier molecular flexibility index (Phi) is 6.06. The van der Waals surface area contributed by atoms with Gasteiger partial charge in [-0.05, 0) is 48.5 Å². The first-order valence-electron chi connectivity index (χ1n) is 9.39. The number of carbonyl (C=O) groups is 2. The molecule has 0 heterocycles. The maximum absolute atomic E-state index is 13.4. The van der Waals surface area contributed by atoms with Gasteiger partial charge in [-0.2, -0.15) is 0 Å². The number of hydrogen-bond acceptors (Lipinski definition) is 5. The van der Waals surface area contributed by atoms with E-state index in [9.17, 15) is 14.7 Å². The fraction of sp³-hybridized carbons (Fsp3) is 0.167. The first-order valence-corrected chi connectivity index (χ1v) is 9.39. The van der Waals surface area contributed by atoms with Crippen LogP contribution in [0.2, 0.25) is 0 Å². The van der Waals surface area contributed by atoms with Gasteiger partial charge in [-0.25, -0.2) is 4.79 Å². The van der Waals surface area contributed by atoms with Crippen molar-refractivity contribution in [2.24, 2.45) is 0 Å². The summed E-state index contributed by atoms with van der Waals surface area (Å²) < 4.78 is 5.40. The van der Waals surface area contributed by atoms with Crippen LogP contribution in [0.15, 0.2) is 66.7 Å². The number of carboxylic acid groups (broad SMARTS) is 1. The monoisotopic (exact) mass is 404 g/mol. The number of para-hydroxylation sites is 1. The van der Waals surface area contributed by atoms with Crippen LogP contribution in [-0.4, -0.2) is 45.1 Å². The topological polar surface area (TPSA) is 70.1 Å². The molecule has 6 nitrogen and oxygen atoms in total. The lowest BCUT2D eigenvalue weighted by Crippen LogP contribution is -2.15. The van der Waals surface area contributed by atoms with Crippen LogP contribution in [0.3, 0.4) is 0 Å². The van der Waals surface area contributed by atoms with E-state index in [1.54, 1.807) is 29.2 Å². The maximum atomic E-state index is 13.4. The molecule has 0 atom stereocenters. The Balaban J connectivity index is 2.09. The molecule has 0 aromatic heterocycles. The summed E-state index contributed by atoms with van der Waals surface area (Å²) in [6.45, 7) is 0. The predicted molar refractivity (Wildman–Crippen MR) is 119 cm³/mol. The van der Waals surface area contributed by atoms with Crippen molar-refractivity contribution in [3.8, 4) is 5.75 Å². The normalized spacial score (nSPS) is 10.4. The van der Waals surface area contributed by atoms with Gasteiger partial charge in [0.05, 0.1) is 18.2 Å². The Hall–Kier alpha value is -3.80. The van der Waals surface area contributed by atoms with E-state index in [0.717, 1.165) is 11.4 Å². The first-order chi connectivity index (χ1) is 14.3. The second-order valence-corrected chi connectivity index (χ2v) is 7.04. The first kappa shape index (κ1) is 20.9. The zero-order valence-electron chi connectivity index (χ0n) is 17.4. The zero-order valence-corrected chi connectivity index (χ0v) is 17.4. The number of anilines is 3. The van der Waals surface area contributed by atoms with Gasteiger partial charge in [0, 0.05) is 43.8 Å². The van der Waals surface area contributed by atoms with E-state index in [2.05, 4.69) is 0 Å². The molecule has 3 aromatic rings. The molecule has 0 bridgehead atoms. The molecule has 0 unspecified atom stereocenters. The predicted octanol–water partition coefficient (Wildman–Crippen LogP) is 4.46. The molecule has 0 aliphatic heterocycles. The molecular formula is C24H24N2O4. The van der Waals surface area contributed by atoms with E-state index in [1.807, 2.05) is 62.4 Å². The fourth-order valence-corrected chi connectivity index (χ4v) is 3.21. The number of benzene rings is 3. The molecule has 3 aromatic carbocycles. The van der Waals surface area contributed by atoms with Gasteiger partial charge in [0.2, 0.25) is 0 Å². The number of nitrogens with zero attached hydrogens (tertiary/aromatic N) is 2. The Morgan fingerprint density at radius 3 is 2.00 bits per heavy atom. The third kappa shape index (κ3) is 4.12. The Morgan fingerprint density at radius 1 is 0.767 bits per heavy atom. The quantitative estimate of drug-likeness (QED) is 0.587. The van der Waals surface area contributed by atoms with Crippen LogP contribution in [0.5, 0.6) is 5.75 Å². The average molecular weight is 404 g/mol. The van der Waals surface area contributed by atoms with E-state index < -0.39 is 11.8 Å². The van der Waals surface area contributed by atoms with Crippen LogP contribution >= 0.6 is 0 Å². The lowest BCUT2D eigenvalue weighted by Gasteiger charge is -2.21. The summed E-state index contributed by atoms with van der Waals surface area (Å²) >= 11 is 0. The highest BCUT2D eigenvalue weighted by Crippen LogP contribution is 2.31. The van der Waals surface area contributed by atoms with Gasteiger partial charge >= 0.3 is 5.97 Å². The Bertz CT molecular complexity index is 1080. The summed E-state index contributed by atoms with van der Waals surface area (Å²) in [5.41, 5.74) is 2.82. The molecule has 0 saturated heterocycles. The molecule has 0 aliphatic rings. The molecule has 0 saturated carbocycles. The van der Waals surface area contributed by atoms with Gasteiger partial charge < -0.3 is 19.6 Å². The van der Waals surface area contributed by atoms with Gasteiger partial charge in [-0.15, -0.1) is 0 Å². The van der Waals surface area contributed by atoms with Crippen molar-refractivity contribution in [1.82, 2.24) is 0 Å². The molecule has 0 fully saturated rings. The van der Waals surface area contributed by atoms with Crippen molar-refractivity contribution < 1.29 is 19.4 Å². The van der Waals surface area contributed by atoms with Crippen LogP contribution in [0.1, 0.15) is 26.3 Å². The summed E-state index contributed by atoms with van der Waals surface area (Å²) in [5, 5.41) is 9.68. The SMILES string of the molecule is COc1ccc(N(C)c2ccccc2)cc1C(=O)c1ccc(N(C)C)cc1C(=O)O. The zero-order chi connectivity index (χ0) is 21.8.